The zero-order chi connectivity index (χ0) is 17.2. The van der Waals surface area contributed by atoms with Gasteiger partial charge in [-0.15, -0.1) is 0 Å². The third kappa shape index (κ3) is 5.72. The predicted molar refractivity (Wildman–Crippen MR) is 89.0 cm³/mol. The van der Waals surface area contributed by atoms with Crippen LogP contribution in [0.1, 0.15) is 30.1 Å². The minimum atomic E-state index is -0.254. The molecule has 0 unspecified atom stereocenters. The number of aromatic nitrogens is 1. The van der Waals surface area contributed by atoms with Crippen LogP contribution in [0.2, 0.25) is 0 Å². The predicted octanol–water partition coefficient (Wildman–Crippen LogP) is 2.95. The monoisotopic (exact) mass is 328 g/mol. The molecule has 6 heteroatoms. The number of carbonyl (C=O) groups excluding carboxylic acids is 2. The molecule has 1 heterocycles. The van der Waals surface area contributed by atoms with Crippen molar-refractivity contribution in [2.75, 3.05) is 13.2 Å². The number of amides is 1. The lowest BCUT2D eigenvalue weighted by Gasteiger charge is -2.07. The molecular formula is C18H20N2O4. The average Bonchev–Trinajstić information content (AvgIpc) is 2.60. The molecule has 0 spiro atoms. The van der Waals surface area contributed by atoms with Crippen molar-refractivity contribution in [3.63, 3.8) is 0 Å². The second-order valence-corrected chi connectivity index (χ2v) is 4.96. The molecule has 0 saturated carbocycles. The van der Waals surface area contributed by atoms with Gasteiger partial charge in [0, 0.05) is 25.2 Å². The summed E-state index contributed by atoms with van der Waals surface area (Å²) in [4.78, 5) is 27.3. The van der Waals surface area contributed by atoms with Gasteiger partial charge in [0.25, 0.3) is 5.91 Å². The fourth-order valence-electron chi connectivity index (χ4n) is 1.95. The SMILES string of the molecule is CCOC(=O)CCCNC(=O)c1ccc(Oc2ccccc2)nc1. The maximum absolute atomic E-state index is 12.0. The summed E-state index contributed by atoms with van der Waals surface area (Å²) in [5.41, 5.74) is 0.437. The highest BCUT2D eigenvalue weighted by Gasteiger charge is 2.07. The molecule has 1 aromatic carbocycles. The van der Waals surface area contributed by atoms with Crippen LogP contribution in [0.15, 0.2) is 48.7 Å². The Morgan fingerprint density at radius 2 is 1.92 bits per heavy atom. The van der Waals surface area contributed by atoms with E-state index in [9.17, 15) is 9.59 Å². The molecule has 0 aliphatic rings. The molecule has 2 rings (SSSR count). The molecule has 0 bridgehead atoms. The number of esters is 1. The normalized spacial score (nSPS) is 10.0. The van der Waals surface area contributed by atoms with Gasteiger partial charge in [-0.3, -0.25) is 9.59 Å². The number of carbonyl (C=O) groups is 2. The van der Waals surface area contributed by atoms with Gasteiger partial charge < -0.3 is 14.8 Å². The van der Waals surface area contributed by atoms with Crippen molar-refractivity contribution in [3.8, 4) is 11.6 Å². The van der Waals surface area contributed by atoms with E-state index >= 15 is 0 Å². The molecule has 6 nitrogen and oxygen atoms in total. The number of hydrogen-bond donors (Lipinski definition) is 1. The van der Waals surface area contributed by atoms with Crippen molar-refractivity contribution in [1.82, 2.24) is 10.3 Å². The molecule has 0 saturated heterocycles. The second-order valence-electron chi connectivity index (χ2n) is 4.96. The molecule has 1 aromatic heterocycles. The molecule has 1 N–H and O–H groups in total. The number of nitrogens with one attached hydrogen (secondary N) is 1. The van der Waals surface area contributed by atoms with Crippen LogP contribution in [-0.2, 0) is 9.53 Å². The Hall–Kier alpha value is -2.89. The first-order valence-corrected chi connectivity index (χ1v) is 7.82. The summed E-state index contributed by atoms with van der Waals surface area (Å²) in [5, 5.41) is 2.74. The second kappa shape index (κ2) is 9.29. The van der Waals surface area contributed by atoms with Crippen molar-refractivity contribution in [2.45, 2.75) is 19.8 Å². The van der Waals surface area contributed by atoms with Gasteiger partial charge in [-0.1, -0.05) is 18.2 Å². The lowest BCUT2D eigenvalue weighted by atomic mass is 10.2. The molecule has 1 amide bonds. The standard InChI is InChI=1S/C18H20N2O4/c1-2-23-17(21)9-6-12-19-18(22)14-10-11-16(20-13-14)24-15-7-4-3-5-8-15/h3-5,7-8,10-11,13H,2,6,9,12H2,1H3,(H,19,22). The van der Waals surface area contributed by atoms with E-state index < -0.39 is 0 Å². The Kier molecular flexibility index (Phi) is 6.76. The van der Waals surface area contributed by atoms with Gasteiger partial charge in [0.2, 0.25) is 5.88 Å². The summed E-state index contributed by atoms with van der Waals surface area (Å²) in [5.74, 6) is 0.606. The highest BCUT2D eigenvalue weighted by molar-refractivity contribution is 5.93. The van der Waals surface area contributed by atoms with E-state index in [4.69, 9.17) is 9.47 Å². The molecule has 0 radical (unpaired) electrons. The maximum Gasteiger partial charge on any atom is 0.305 e. The number of rotatable bonds is 8. The third-order valence-electron chi connectivity index (χ3n) is 3.11. The number of para-hydroxylation sites is 1. The van der Waals surface area contributed by atoms with Crippen LogP contribution in [-0.4, -0.2) is 30.0 Å². The summed E-state index contributed by atoms with van der Waals surface area (Å²) in [6.45, 7) is 2.53. The topological polar surface area (TPSA) is 77.5 Å². The summed E-state index contributed by atoms with van der Waals surface area (Å²) in [6, 6.07) is 12.6. The van der Waals surface area contributed by atoms with Gasteiger partial charge in [0.1, 0.15) is 5.75 Å². The number of ether oxygens (including phenoxy) is 2. The van der Waals surface area contributed by atoms with Crippen LogP contribution in [0.3, 0.4) is 0 Å². The van der Waals surface area contributed by atoms with E-state index in [1.54, 1.807) is 19.1 Å². The summed E-state index contributed by atoms with van der Waals surface area (Å²) in [7, 11) is 0. The minimum absolute atomic E-state index is 0.238. The Balaban J connectivity index is 1.78. The molecule has 2 aromatic rings. The highest BCUT2D eigenvalue weighted by atomic mass is 16.5. The van der Waals surface area contributed by atoms with E-state index in [-0.39, 0.29) is 18.3 Å². The molecule has 126 valence electrons. The van der Waals surface area contributed by atoms with E-state index in [0.717, 1.165) is 0 Å². The number of benzene rings is 1. The van der Waals surface area contributed by atoms with Gasteiger partial charge >= 0.3 is 5.97 Å². The average molecular weight is 328 g/mol. The fraction of sp³-hybridized carbons (Fsp3) is 0.278. The Morgan fingerprint density at radius 3 is 2.58 bits per heavy atom. The molecule has 0 atom stereocenters. The van der Waals surface area contributed by atoms with Crippen LogP contribution in [0.4, 0.5) is 0 Å². The van der Waals surface area contributed by atoms with Crippen molar-refractivity contribution in [3.05, 3.63) is 54.2 Å². The summed E-state index contributed by atoms with van der Waals surface area (Å²) < 4.78 is 10.4. The van der Waals surface area contributed by atoms with Crippen LogP contribution >= 0.6 is 0 Å². The smallest absolute Gasteiger partial charge is 0.305 e. The molecular weight excluding hydrogens is 308 g/mol. The first-order valence-electron chi connectivity index (χ1n) is 7.82. The zero-order valence-electron chi connectivity index (χ0n) is 13.5. The summed E-state index contributed by atoms with van der Waals surface area (Å²) in [6.07, 6.45) is 2.28. The van der Waals surface area contributed by atoms with Crippen molar-refractivity contribution >= 4 is 11.9 Å². The Labute approximate surface area is 140 Å². The van der Waals surface area contributed by atoms with Gasteiger partial charge in [0.15, 0.2) is 0 Å². The van der Waals surface area contributed by atoms with E-state index in [2.05, 4.69) is 10.3 Å². The van der Waals surface area contributed by atoms with Crippen molar-refractivity contribution in [1.29, 1.82) is 0 Å². The van der Waals surface area contributed by atoms with Gasteiger partial charge in [-0.2, -0.15) is 0 Å². The minimum Gasteiger partial charge on any atom is -0.466 e. The largest absolute Gasteiger partial charge is 0.466 e. The van der Waals surface area contributed by atoms with Crippen molar-refractivity contribution < 1.29 is 19.1 Å². The Bertz CT molecular complexity index is 656. The maximum atomic E-state index is 12.0. The lowest BCUT2D eigenvalue weighted by molar-refractivity contribution is -0.143. The molecule has 0 aliphatic carbocycles. The van der Waals surface area contributed by atoms with E-state index in [1.165, 1.54) is 6.20 Å². The van der Waals surface area contributed by atoms with Gasteiger partial charge in [-0.25, -0.2) is 4.98 Å². The molecule has 0 aliphatic heterocycles. The van der Waals surface area contributed by atoms with Crippen LogP contribution in [0, 0.1) is 0 Å². The highest BCUT2D eigenvalue weighted by Crippen LogP contribution is 2.18. The zero-order valence-corrected chi connectivity index (χ0v) is 13.5. The number of nitrogens with zero attached hydrogens (tertiary/aromatic N) is 1. The van der Waals surface area contributed by atoms with Gasteiger partial charge in [0.05, 0.1) is 12.2 Å². The van der Waals surface area contributed by atoms with Gasteiger partial charge in [-0.05, 0) is 31.5 Å². The first-order chi connectivity index (χ1) is 11.7. The molecule has 0 fully saturated rings. The van der Waals surface area contributed by atoms with Crippen LogP contribution in [0.5, 0.6) is 11.6 Å². The fourth-order valence-corrected chi connectivity index (χ4v) is 1.95. The first kappa shape index (κ1) is 17.5. The Morgan fingerprint density at radius 1 is 1.12 bits per heavy atom. The van der Waals surface area contributed by atoms with Crippen molar-refractivity contribution in [2.24, 2.45) is 0 Å². The number of pyridine rings is 1. The van der Waals surface area contributed by atoms with Crippen LogP contribution in [0.25, 0.3) is 0 Å². The molecule has 24 heavy (non-hydrogen) atoms. The quantitative estimate of drug-likeness (QED) is 0.595. The van der Waals surface area contributed by atoms with E-state index in [1.807, 2.05) is 30.3 Å². The third-order valence-corrected chi connectivity index (χ3v) is 3.11. The number of hydrogen-bond acceptors (Lipinski definition) is 5. The van der Waals surface area contributed by atoms with E-state index in [0.29, 0.717) is 36.8 Å². The lowest BCUT2D eigenvalue weighted by Crippen LogP contribution is -2.25. The summed E-state index contributed by atoms with van der Waals surface area (Å²) >= 11 is 0. The van der Waals surface area contributed by atoms with Crippen LogP contribution < -0.4 is 10.1 Å².